The largest absolute Gasteiger partial charge is 0.439 e. The summed E-state index contributed by atoms with van der Waals surface area (Å²) in [6.45, 7) is 10.2. The molecule has 0 radical (unpaired) electrons. The van der Waals surface area contributed by atoms with Crippen LogP contribution in [0.15, 0.2) is 12.2 Å². The maximum absolute atomic E-state index is 12.6. The van der Waals surface area contributed by atoms with Crippen molar-refractivity contribution in [2.45, 2.75) is 52.2 Å². The molecule has 0 spiro atoms. The Kier molecular flexibility index (Phi) is 2.57. The summed E-state index contributed by atoms with van der Waals surface area (Å²) in [5.41, 5.74) is 4.99. The predicted molar refractivity (Wildman–Crippen MR) is 74.5 cm³/mol. The van der Waals surface area contributed by atoms with E-state index in [1.807, 2.05) is 6.92 Å². The summed E-state index contributed by atoms with van der Waals surface area (Å²) in [4.78, 5) is 24.6. The molecule has 2 saturated carbocycles. The lowest BCUT2D eigenvalue weighted by atomic mass is 9.61. The number of ketones is 1. The van der Waals surface area contributed by atoms with Crippen molar-refractivity contribution >= 4 is 11.8 Å². The summed E-state index contributed by atoms with van der Waals surface area (Å²) in [6, 6.07) is 0. The Morgan fingerprint density at radius 2 is 1.90 bits per heavy atom. The van der Waals surface area contributed by atoms with Gasteiger partial charge in [-0.2, -0.15) is 0 Å². The lowest BCUT2D eigenvalue weighted by Crippen LogP contribution is -2.62. The average Bonchev–Trinajstić information content (AvgIpc) is 2.75. The van der Waals surface area contributed by atoms with Gasteiger partial charge in [0.15, 0.2) is 5.72 Å². The fraction of sp³-hybridized carbons (Fsp3) is 0.750. The van der Waals surface area contributed by atoms with E-state index in [1.54, 1.807) is 0 Å². The second-order valence-electron chi connectivity index (χ2n) is 7.50. The molecule has 3 rings (SSSR count). The van der Waals surface area contributed by atoms with Crippen LogP contribution in [-0.4, -0.2) is 17.5 Å². The van der Waals surface area contributed by atoms with E-state index in [0.717, 1.165) is 19.3 Å². The third-order valence-corrected chi connectivity index (χ3v) is 6.23. The first-order valence-electron chi connectivity index (χ1n) is 7.39. The van der Waals surface area contributed by atoms with Crippen LogP contribution in [0.5, 0.6) is 0 Å². The molecule has 3 aliphatic rings. The smallest absolute Gasteiger partial charge is 0.335 e. The van der Waals surface area contributed by atoms with Gasteiger partial charge >= 0.3 is 5.97 Å². The number of esters is 1. The number of nitrogens with two attached hydrogens (primary N) is 1. The van der Waals surface area contributed by atoms with Crippen LogP contribution >= 0.6 is 0 Å². The molecule has 0 bridgehead atoms. The lowest BCUT2D eigenvalue weighted by Gasteiger charge is -2.46. The first-order chi connectivity index (χ1) is 9.14. The zero-order valence-corrected chi connectivity index (χ0v) is 12.5. The molecule has 0 amide bonds. The van der Waals surface area contributed by atoms with Crippen LogP contribution in [0.3, 0.4) is 0 Å². The molecule has 0 aromatic heterocycles. The minimum Gasteiger partial charge on any atom is -0.439 e. The zero-order chi connectivity index (χ0) is 14.9. The van der Waals surface area contributed by atoms with E-state index >= 15 is 0 Å². The molecule has 1 saturated heterocycles. The van der Waals surface area contributed by atoms with E-state index in [2.05, 4.69) is 20.4 Å². The summed E-state index contributed by atoms with van der Waals surface area (Å²) in [6.07, 6.45) is 3.05. The number of carbonyl (C=O) groups is 2. The standard InChI is InChI=1S/C16H23NO3/c1-9-10-7-8-14(2,3)11-5-6-12(18)15(11,4)16(10,17)20-13(9)19/h10-11H,1,5-8,17H2,2-4H3/t10-,11-,15-,16?/m0/s1. The van der Waals surface area contributed by atoms with Gasteiger partial charge in [-0.3, -0.25) is 10.5 Å². The fourth-order valence-electron chi connectivity index (χ4n) is 4.92. The summed E-state index contributed by atoms with van der Waals surface area (Å²) in [5, 5.41) is 0. The highest BCUT2D eigenvalue weighted by molar-refractivity contribution is 5.95. The Bertz CT molecular complexity index is 524. The van der Waals surface area contributed by atoms with E-state index in [-0.39, 0.29) is 23.0 Å². The monoisotopic (exact) mass is 277 g/mol. The molecular weight excluding hydrogens is 254 g/mol. The van der Waals surface area contributed by atoms with Gasteiger partial charge in [0.25, 0.3) is 0 Å². The lowest BCUT2D eigenvalue weighted by molar-refractivity contribution is -0.174. The van der Waals surface area contributed by atoms with Crippen LogP contribution in [0, 0.1) is 22.7 Å². The van der Waals surface area contributed by atoms with Gasteiger partial charge in [0, 0.05) is 17.9 Å². The average molecular weight is 277 g/mol. The second-order valence-corrected chi connectivity index (χ2v) is 7.50. The van der Waals surface area contributed by atoms with Crippen LogP contribution in [0.4, 0.5) is 0 Å². The molecule has 0 aromatic carbocycles. The minimum atomic E-state index is -1.22. The first kappa shape index (κ1) is 13.8. The summed E-state index contributed by atoms with van der Waals surface area (Å²) in [7, 11) is 0. The Hall–Kier alpha value is -1.16. The van der Waals surface area contributed by atoms with Crippen LogP contribution in [0.1, 0.15) is 46.5 Å². The number of carbonyl (C=O) groups excluding carboxylic acids is 2. The normalized spacial score (nSPS) is 46.7. The second kappa shape index (κ2) is 3.73. The van der Waals surface area contributed by atoms with Gasteiger partial charge in [0.05, 0.1) is 5.41 Å². The van der Waals surface area contributed by atoms with E-state index in [4.69, 9.17) is 10.5 Å². The Morgan fingerprint density at radius 1 is 1.25 bits per heavy atom. The fourth-order valence-corrected chi connectivity index (χ4v) is 4.92. The van der Waals surface area contributed by atoms with Crippen molar-refractivity contribution in [1.82, 2.24) is 0 Å². The number of hydrogen-bond donors (Lipinski definition) is 1. The number of rotatable bonds is 0. The quantitative estimate of drug-likeness (QED) is 0.544. The summed E-state index contributed by atoms with van der Waals surface area (Å²) < 4.78 is 5.54. The molecule has 2 aliphatic carbocycles. The molecule has 4 atom stereocenters. The zero-order valence-electron chi connectivity index (χ0n) is 12.5. The molecule has 0 aromatic rings. The molecule has 110 valence electrons. The summed E-state index contributed by atoms with van der Waals surface area (Å²) in [5.74, 6) is -0.396. The molecule has 1 unspecified atom stereocenters. The highest BCUT2D eigenvalue weighted by Crippen LogP contribution is 2.63. The molecule has 2 N–H and O–H groups in total. The van der Waals surface area contributed by atoms with Crippen LogP contribution in [-0.2, 0) is 14.3 Å². The first-order valence-corrected chi connectivity index (χ1v) is 7.39. The van der Waals surface area contributed by atoms with Crippen molar-refractivity contribution in [3.05, 3.63) is 12.2 Å². The van der Waals surface area contributed by atoms with E-state index < -0.39 is 17.1 Å². The maximum Gasteiger partial charge on any atom is 0.335 e. The maximum atomic E-state index is 12.6. The number of fused-ring (bicyclic) bond motifs is 3. The Balaban J connectivity index is 2.20. The highest BCUT2D eigenvalue weighted by atomic mass is 16.6. The van der Waals surface area contributed by atoms with Crippen molar-refractivity contribution in [2.24, 2.45) is 28.4 Å². The molecule has 1 aliphatic heterocycles. The molecule has 4 heteroatoms. The third-order valence-electron chi connectivity index (χ3n) is 6.23. The Morgan fingerprint density at radius 3 is 2.55 bits per heavy atom. The molecule has 4 nitrogen and oxygen atoms in total. The van der Waals surface area contributed by atoms with Crippen molar-refractivity contribution in [1.29, 1.82) is 0 Å². The van der Waals surface area contributed by atoms with Gasteiger partial charge in [-0.25, -0.2) is 4.79 Å². The topological polar surface area (TPSA) is 69.4 Å². The predicted octanol–water partition coefficient (Wildman–Crippen LogP) is 2.18. The van der Waals surface area contributed by atoms with Crippen molar-refractivity contribution in [3.8, 4) is 0 Å². The molecule has 3 fully saturated rings. The van der Waals surface area contributed by atoms with Crippen LogP contribution in [0.2, 0.25) is 0 Å². The third kappa shape index (κ3) is 1.36. The van der Waals surface area contributed by atoms with Gasteiger partial charge in [0.1, 0.15) is 5.78 Å². The SMILES string of the molecule is C=C1C(=O)OC2(N)[C@H]1CCC(C)(C)[C@@H]1CCC(=O)[C@]12C. The minimum absolute atomic E-state index is 0.0182. The van der Waals surface area contributed by atoms with Crippen molar-refractivity contribution in [3.63, 3.8) is 0 Å². The van der Waals surface area contributed by atoms with E-state index in [9.17, 15) is 9.59 Å². The Labute approximate surface area is 119 Å². The molecule has 1 heterocycles. The van der Waals surface area contributed by atoms with Gasteiger partial charge < -0.3 is 4.74 Å². The van der Waals surface area contributed by atoms with Crippen molar-refractivity contribution in [2.75, 3.05) is 0 Å². The van der Waals surface area contributed by atoms with Gasteiger partial charge in [-0.05, 0) is 37.5 Å². The molecular formula is C16H23NO3. The van der Waals surface area contributed by atoms with E-state index in [0.29, 0.717) is 12.0 Å². The number of hydrogen-bond acceptors (Lipinski definition) is 4. The number of Topliss-reactive ketones (excluding diaryl/α,β-unsaturated/α-hetero) is 1. The van der Waals surface area contributed by atoms with E-state index in [1.165, 1.54) is 0 Å². The number of ether oxygens (including phenoxy) is 1. The van der Waals surface area contributed by atoms with Crippen LogP contribution in [0.25, 0.3) is 0 Å². The highest BCUT2D eigenvalue weighted by Gasteiger charge is 2.70. The van der Waals surface area contributed by atoms with Gasteiger partial charge in [0.2, 0.25) is 0 Å². The van der Waals surface area contributed by atoms with Gasteiger partial charge in [-0.15, -0.1) is 0 Å². The van der Waals surface area contributed by atoms with Gasteiger partial charge in [-0.1, -0.05) is 20.4 Å². The summed E-state index contributed by atoms with van der Waals surface area (Å²) >= 11 is 0. The molecule has 20 heavy (non-hydrogen) atoms. The van der Waals surface area contributed by atoms with Crippen LogP contribution < -0.4 is 5.73 Å². The van der Waals surface area contributed by atoms with Crippen molar-refractivity contribution < 1.29 is 14.3 Å².